The number of alkyl halides is 3. The van der Waals surface area contributed by atoms with E-state index in [1.807, 2.05) is 0 Å². The first-order valence-electron chi connectivity index (χ1n) is 5.67. The Bertz CT molecular complexity index is 584. The van der Waals surface area contributed by atoms with Gasteiger partial charge < -0.3 is 5.73 Å². The standard InChI is InChI=1S/C14H10F5N/c15-10-2-1-3-11(16)12(10)13(20)8-4-6-9(7-5-8)14(17,18)19/h1-7,13H,20H2/t13-/m0/s1. The normalized spacial score (nSPS) is 13.3. The van der Waals surface area contributed by atoms with Crippen LogP contribution in [-0.2, 0) is 6.18 Å². The third kappa shape index (κ3) is 2.80. The molecule has 2 aromatic carbocycles. The van der Waals surface area contributed by atoms with Crippen LogP contribution in [0, 0.1) is 11.6 Å². The molecular formula is C14H10F5N. The second kappa shape index (κ2) is 5.20. The number of nitrogens with two attached hydrogens (primary N) is 1. The molecule has 0 bridgehead atoms. The van der Waals surface area contributed by atoms with Crippen molar-refractivity contribution in [1.82, 2.24) is 0 Å². The van der Waals surface area contributed by atoms with Gasteiger partial charge in [-0.2, -0.15) is 13.2 Å². The molecule has 0 aliphatic heterocycles. The molecule has 0 aliphatic carbocycles. The van der Waals surface area contributed by atoms with Crippen LogP contribution in [0.25, 0.3) is 0 Å². The number of hydrogen-bond acceptors (Lipinski definition) is 1. The maximum Gasteiger partial charge on any atom is 0.416 e. The monoisotopic (exact) mass is 287 g/mol. The van der Waals surface area contributed by atoms with Crippen LogP contribution in [0.2, 0.25) is 0 Å². The van der Waals surface area contributed by atoms with E-state index < -0.39 is 29.4 Å². The molecule has 6 heteroatoms. The topological polar surface area (TPSA) is 26.0 Å². The highest BCUT2D eigenvalue weighted by molar-refractivity contribution is 5.35. The zero-order valence-corrected chi connectivity index (χ0v) is 10.1. The molecule has 0 saturated heterocycles. The van der Waals surface area contributed by atoms with E-state index in [2.05, 4.69) is 0 Å². The van der Waals surface area contributed by atoms with E-state index in [0.717, 1.165) is 36.4 Å². The van der Waals surface area contributed by atoms with Crippen LogP contribution in [0.1, 0.15) is 22.7 Å². The van der Waals surface area contributed by atoms with Crippen LogP contribution < -0.4 is 5.73 Å². The summed E-state index contributed by atoms with van der Waals surface area (Å²) < 4.78 is 64.4. The minimum atomic E-state index is -4.47. The van der Waals surface area contributed by atoms with Crippen LogP contribution in [-0.4, -0.2) is 0 Å². The fraction of sp³-hybridized carbons (Fsp3) is 0.143. The maximum absolute atomic E-state index is 13.6. The van der Waals surface area contributed by atoms with Crippen LogP contribution in [0.15, 0.2) is 42.5 Å². The van der Waals surface area contributed by atoms with Crippen LogP contribution >= 0.6 is 0 Å². The molecule has 0 saturated carbocycles. The number of halogens is 5. The lowest BCUT2D eigenvalue weighted by Gasteiger charge is -2.15. The quantitative estimate of drug-likeness (QED) is 0.829. The predicted molar refractivity (Wildman–Crippen MR) is 63.8 cm³/mol. The van der Waals surface area contributed by atoms with Crippen molar-refractivity contribution in [2.75, 3.05) is 0 Å². The Morgan fingerprint density at radius 2 is 1.35 bits per heavy atom. The molecule has 20 heavy (non-hydrogen) atoms. The first-order chi connectivity index (χ1) is 9.30. The van der Waals surface area contributed by atoms with Crippen molar-refractivity contribution in [2.24, 2.45) is 5.73 Å². The summed E-state index contributed by atoms with van der Waals surface area (Å²) in [5.74, 6) is -1.67. The second-order valence-electron chi connectivity index (χ2n) is 4.23. The number of benzene rings is 2. The Kier molecular flexibility index (Phi) is 3.76. The third-order valence-electron chi connectivity index (χ3n) is 2.91. The molecular weight excluding hydrogens is 277 g/mol. The van der Waals surface area contributed by atoms with Gasteiger partial charge in [-0.25, -0.2) is 8.78 Å². The lowest BCUT2D eigenvalue weighted by molar-refractivity contribution is -0.137. The van der Waals surface area contributed by atoms with Crippen molar-refractivity contribution in [3.8, 4) is 0 Å². The molecule has 2 N–H and O–H groups in total. The highest BCUT2D eigenvalue weighted by Gasteiger charge is 2.30. The summed E-state index contributed by atoms with van der Waals surface area (Å²) in [6.07, 6.45) is -4.47. The molecule has 2 rings (SSSR count). The number of hydrogen-bond donors (Lipinski definition) is 1. The van der Waals surface area contributed by atoms with Gasteiger partial charge in [0.2, 0.25) is 0 Å². The van der Waals surface area contributed by atoms with Crippen molar-refractivity contribution >= 4 is 0 Å². The van der Waals surface area contributed by atoms with Gasteiger partial charge in [0.25, 0.3) is 0 Å². The fourth-order valence-corrected chi connectivity index (χ4v) is 1.85. The SMILES string of the molecule is N[C@@H](c1ccc(C(F)(F)F)cc1)c1c(F)cccc1F. The van der Waals surface area contributed by atoms with E-state index in [1.54, 1.807) is 0 Å². The van der Waals surface area contributed by atoms with Crippen LogP contribution in [0.3, 0.4) is 0 Å². The first-order valence-corrected chi connectivity index (χ1v) is 5.67. The predicted octanol–water partition coefficient (Wildman–Crippen LogP) is 4.03. The van der Waals surface area contributed by atoms with Gasteiger partial charge in [-0.1, -0.05) is 18.2 Å². The Hall–Kier alpha value is -1.95. The molecule has 0 unspecified atom stereocenters. The lowest BCUT2D eigenvalue weighted by Crippen LogP contribution is -2.16. The molecule has 2 aromatic rings. The summed E-state index contributed by atoms with van der Waals surface area (Å²) in [6.45, 7) is 0. The molecule has 0 aromatic heterocycles. The van der Waals surface area contributed by atoms with E-state index in [9.17, 15) is 22.0 Å². The molecule has 0 spiro atoms. The van der Waals surface area contributed by atoms with Gasteiger partial charge in [-0.05, 0) is 29.8 Å². The number of rotatable bonds is 2. The van der Waals surface area contributed by atoms with E-state index in [4.69, 9.17) is 5.73 Å². The van der Waals surface area contributed by atoms with Gasteiger partial charge in [0.15, 0.2) is 0 Å². The van der Waals surface area contributed by atoms with E-state index in [1.165, 1.54) is 6.07 Å². The summed E-state index contributed by atoms with van der Waals surface area (Å²) in [5, 5.41) is 0. The third-order valence-corrected chi connectivity index (χ3v) is 2.91. The summed E-state index contributed by atoms with van der Waals surface area (Å²) in [6, 6.07) is 5.98. The van der Waals surface area contributed by atoms with Crippen LogP contribution in [0.4, 0.5) is 22.0 Å². The molecule has 0 aliphatic rings. The summed E-state index contributed by atoms with van der Waals surface area (Å²) in [4.78, 5) is 0. The molecule has 0 amide bonds. The Morgan fingerprint density at radius 3 is 1.80 bits per heavy atom. The fourth-order valence-electron chi connectivity index (χ4n) is 1.85. The Labute approximate surface area is 111 Å². The van der Waals surface area contributed by atoms with Crippen LogP contribution in [0.5, 0.6) is 0 Å². The van der Waals surface area contributed by atoms with E-state index >= 15 is 0 Å². The summed E-state index contributed by atoms with van der Waals surface area (Å²) >= 11 is 0. The summed E-state index contributed by atoms with van der Waals surface area (Å²) in [5.41, 5.74) is 4.70. The minimum Gasteiger partial charge on any atom is -0.320 e. The van der Waals surface area contributed by atoms with Crippen molar-refractivity contribution in [2.45, 2.75) is 12.2 Å². The zero-order valence-electron chi connectivity index (χ0n) is 10.1. The smallest absolute Gasteiger partial charge is 0.320 e. The van der Waals surface area contributed by atoms with Crippen molar-refractivity contribution in [3.63, 3.8) is 0 Å². The molecule has 106 valence electrons. The Balaban J connectivity index is 2.37. The molecule has 0 fully saturated rings. The minimum absolute atomic E-state index is 0.196. The average molecular weight is 287 g/mol. The lowest BCUT2D eigenvalue weighted by atomic mass is 9.97. The van der Waals surface area contributed by atoms with Crippen molar-refractivity contribution in [1.29, 1.82) is 0 Å². The van der Waals surface area contributed by atoms with Gasteiger partial charge in [-0.15, -0.1) is 0 Å². The summed E-state index contributed by atoms with van der Waals surface area (Å²) in [7, 11) is 0. The van der Waals surface area contributed by atoms with Gasteiger partial charge >= 0.3 is 6.18 Å². The zero-order chi connectivity index (χ0) is 14.9. The van der Waals surface area contributed by atoms with Crippen molar-refractivity contribution in [3.05, 3.63) is 70.8 Å². The van der Waals surface area contributed by atoms with E-state index in [0.29, 0.717) is 0 Å². The van der Waals surface area contributed by atoms with E-state index in [-0.39, 0.29) is 11.1 Å². The average Bonchev–Trinajstić information content (AvgIpc) is 2.37. The van der Waals surface area contributed by atoms with Gasteiger partial charge in [0.05, 0.1) is 11.6 Å². The highest BCUT2D eigenvalue weighted by Crippen LogP contribution is 2.31. The molecule has 0 radical (unpaired) electrons. The second-order valence-corrected chi connectivity index (χ2v) is 4.23. The maximum atomic E-state index is 13.6. The highest BCUT2D eigenvalue weighted by atomic mass is 19.4. The molecule has 1 atom stereocenters. The Morgan fingerprint density at radius 1 is 0.850 bits per heavy atom. The van der Waals surface area contributed by atoms with Gasteiger partial charge in [-0.3, -0.25) is 0 Å². The molecule has 1 nitrogen and oxygen atoms in total. The molecule has 0 heterocycles. The van der Waals surface area contributed by atoms with Crippen molar-refractivity contribution < 1.29 is 22.0 Å². The largest absolute Gasteiger partial charge is 0.416 e. The first kappa shape index (κ1) is 14.5. The van der Waals surface area contributed by atoms with Gasteiger partial charge in [0, 0.05) is 5.56 Å². The van der Waals surface area contributed by atoms with Gasteiger partial charge in [0.1, 0.15) is 11.6 Å².